The Morgan fingerprint density at radius 2 is 1.77 bits per heavy atom. The predicted molar refractivity (Wildman–Crippen MR) is 114 cm³/mol. The topological polar surface area (TPSA) is 47.8 Å². The Bertz CT molecular complexity index is 824. The molecule has 0 spiro atoms. The highest BCUT2D eigenvalue weighted by Gasteiger charge is 2.31. The zero-order valence-electron chi connectivity index (χ0n) is 17.4. The fourth-order valence-corrected chi connectivity index (χ4v) is 3.48. The highest BCUT2D eigenvalue weighted by Crippen LogP contribution is 2.33. The molecule has 3 rings (SSSR count). The van der Waals surface area contributed by atoms with Crippen LogP contribution in [0, 0.1) is 0 Å². The molecular weight excluding hydrogens is 393 g/mol. The standard InChI is InChI=1S/C21H29F3N6/c1-25-20(26-7-10-29-8-3-4-9-29)27-16-17-15-18(21(22,23)24)5-6-19(17)30-13-11-28(2)12-14-30/h3-6,8-9,15H,7,10-14,16H2,1-2H3,(H2,25,26,27). The van der Waals surface area contributed by atoms with E-state index in [1.807, 2.05) is 29.1 Å². The number of nitrogens with zero attached hydrogens (tertiary/aromatic N) is 4. The molecule has 1 aromatic heterocycles. The number of likely N-dealkylation sites (N-methyl/N-ethyl adjacent to an activating group) is 1. The Morgan fingerprint density at radius 1 is 1.07 bits per heavy atom. The fourth-order valence-electron chi connectivity index (χ4n) is 3.48. The molecule has 2 N–H and O–H groups in total. The smallest absolute Gasteiger partial charge is 0.369 e. The molecular formula is C21H29F3N6. The number of piperazine rings is 1. The van der Waals surface area contributed by atoms with Crippen molar-refractivity contribution in [2.45, 2.75) is 19.3 Å². The zero-order valence-corrected chi connectivity index (χ0v) is 17.4. The minimum atomic E-state index is -4.37. The number of guanidine groups is 1. The molecule has 1 aromatic carbocycles. The lowest BCUT2D eigenvalue weighted by Gasteiger charge is -2.35. The van der Waals surface area contributed by atoms with E-state index >= 15 is 0 Å². The quantitative estimate of drug-likeness (QED) is 0.555. The summed E-state index contributed by atoms with van der Waals surface area (Å²) in [6, 6.07) is 7.92. The van der Waals surface area contributed by atoms with Crippen LogP contribution < -0.4 is 15.5 Å². The van der Waals surface area contributed by atoms with Crippen LogP contribution in [0.1, 0.15) is 11.1 Å². The molecule has 6 nitrogen and oxygen atoms in total. The number of aliphatic imine (C=N–C) groups is 1. The molecule has 1 aliphatic heterocycles. The second-order valence-electron chi connectivity index (χ2n) is 7.40. The van der Waals surface area contributed by atoms with E-state index in [1.165, 1.54) is 12.1 Å². The van der Waals surface area contributed by atoms with Crippen LogP contribution in [-0.4, -0.2) is 62.2 Å². The molecule has 2 aromatic rings. The molecule has 0 unspecified atom stereocenters. The summed E-state index contributed by atoms with van der Waals surface area (Å²) in [5, 5.41) is 6.36. The minimum absolute atomic E-state index is 0.259. The molecule has 30 heavy (non-hydrogen) atoms. The lowest BCUT2D eigenvalue weighted by molar-refractivity contribution is -0.137. The number of rotatable bonds is 6. The van der Waals surface area contributed by atoms with Crippen molar-refractivity contribution in [1.29, 1.82) is 0 Å². The predicted octanol–water partition coefficient (Wildman–Crippen LogP) is 2.62. The Labute approximate surface area is 175 Å². The summed E-state index contributed by atoms with van der Waals surface area (Å²) in [5.41, 5.74) is 0.821. The third-order valence-corrected chi connectivity index (χ3v) is 5.25. The summed E-state index contributed by atoms with van der Waals surface area (Å²) in [6.45, 7) is 5.03. The van der Waals surface area contributed by atoms with Gasteiger partial charge in [0.25, 0.3) is 0 Å². The van der Waals surface area contributed by atoms with E-state index in [1.54, 1.807) is 13.1 Å². The number of hydrogen-bond donors (Lipinski definition) is 2. The normalized spacial score (nSPS) is 16.0. The van der Waals surface area contributed by atoms with Gasteiger partial charge in [0.1, 0.15) is 0 Å². The number of aromatic nitrogens is 1. The van der Waals surface area contributed by atoms with Gasteiger partial charge in [-0.15, -0.1) is 0 Å². The van der Waals surface area contributed by atoms with Crippen LogP contribution in [0.15, 0.2) is 47.7 Å². The Hall–Kier alpha value is -2.68. The number of benzene rings is 1. The third-order valence-electron chi connectivity index (χ3n) is 5.25. The van der Waals surface area contributed by atoms with Crippen LogP contribution in [0.3, 0.4) is 0 Å². The lowest BCUT2D eigenvalue weighted by Crippen LogP contribution is -2.45. The molecule has 2 heterocycles. The molecule has 0 radical (unpaired) electrons. The minimum Gasteiger partial charge on any atom is -0.369 e. The van der Waals surface area contributed by atoms with Gasteiger partial charge in [-0.2, -0.15) is 13.2 Å². The number of anilines is 1. The second-order valence-corrected chi connectivity index (χ2v) is 7.40. The summed E-state index contributed by atoms with van der Waals surface area (Å²) in [5.74, 6) is 0.559. The summed E-state index contributed by atoms with van der Waals surface area (Å²) in [6.07, 6.45) is -0.419. The van der Waals surface area contributed by atoms with Gasteiger partial charge < -0.3 is 25.0 Å². The summed E-state index contributed by atoms with van der Waals surface area (Å²) < 4.78 is 41.9. The van der Waals surface area contributed by atoms with Crippen LogP contribution in [-0.2, 0) is 19.3 Å². The van der Waals surface area contributed by atoms with E-state index in [-0.39, 0.29) is 6.54 Å². The SMILES string of the molecule is CN=C(NCCn1cccc1)NCc1cc(C(F)(F)F)ccc1N1CCN(C)CC1. The first-order valence-electron chi connectivity index (χ1n) is 10.1. The van der Waals surface area contributed by atoms with Crippen LogP contribution in [0.2, 0.25) is 0 Å². The van der Waals surface area contributed by atoms with Crippen LogP contribution in [0.4, 0.5) is 18.9 Å². The van der Waals surface area contributed by atoms with E-state index in [9.17, 15) is 13.2 Å². The first-order valence-corrected chi connectivity index (χ1v) is 10.1. The van der Waals surface area contributed by atoms with Gasteiger partial charge in [0.05, 0.1) is 5.56 Å². The van der Waals surface area contributed by atoms with Crippen molar-refractivity contribution >= 4 is 11.6 Å². The first-order chi connectivity index (χ1) is 14.4. The molecule has 1 fully saturated rings. The van der Waals surface area contributed by atoms with Gasteiger partial charge in [-0.05, 0) is 42.9 Å². The van der Waals surface area contributed by atoms with Gasteiger partial charge in [0.15, 0.2) is 5.96 Å². The van der Waals surface area contributed by atoms with E-state index in [4.69, 9.17) is 0 Å². The van der Waals surface area contributed by atoms with E-state index in [0.29, 0.717) is 18.1 Å². The molecule has 1 saturated heterocycles. The fraction of sp³-hybridized carbons (Fsp3) is 0.476. The molecule has 1 aliphatic rings. The maximum absolute atomic E-state index is 13.3. The highest BCUT2D eigenvalue weighted by atomic mass is 19.4. The second kappa shape index (κ2) is 9.88. The largest absolute Gasteiger partial charge is 0.416 e. The van der Waals surface area contributed by atoms with Gasteiger partial charge >= 0.3 is 6.18 Å². The van der Waals surface area contributed by atoms with Gasteiger partial charge in [-0.25, -0.2) is 0 Å². The summed E-state index contributed by atoms with van der Waals surface area (Å²) in [4.78, 5) is 8.56. The van der Waals surface area contributed by atoms with Crippen molar-refractivity contribution in [2.24, 2.45) is 4.99 Å². The van der Waals surface area contributed by atoms with Gasteiger partial charge in [0, 0.05) is 70.9 Å². The monoisotopic (exact) mass is 422 g/mol. The number of hydrogen-bond acceptors (Lipinski definition) is 3. The molecule has 0 aliphatic carbocycles. The third kappa shape index (κ3) is 5.91. The zero-order chi connectivity index (χ0) is 21.6. The van der Waals surface area contributed by atoms with Crippen LogP contribution in [0.5, 0.6) is 0 Å². The summed E-state index contributed by atoms with van der Waals surface area (Å²) in [7, 11) is 3.70. The Balaban J connectivity index is 1.68. The van der Waals surface area contributed by atoms with Crippen molar-refractivity contribution in [3.8, 4) is 0 Å². The maximum Gasteiger partial charge on any atom is 0.416 e. The number of alkyl halides is 3. The summed E-state index contributed by atoms with van der Waals surface area (Å²) >= 11 is 0. The van der Waals surface area contributed by atoms with Crippen LogP contribution >= 0.6 is 0 Å². The maximum atomic E-state index is 13.3. The van der Waals surface area contributed by atoms with Gasteiger partial charge in [0.2, 0.25) is 0 Å². The van der Waals surface area contributed by atoms with Gasteiger partial charge in [-0.3, -0.25) is 4.99 Å². The molecule has 9 heteroatoms. The Morgan fingerprint density at radius 3 is 2.40 bits per heavy atom. The van der Waals surface area contributed by atoms with Gasteiger partial charge in [-0.1, -0.05) is 0 Å². The molecule has 0 saturated carbocycles. The van der Waals surface area contributed by atoms with E-state index in [0.717, 1.165) is 38.4 Å². The van der Waals surface area contributed by atoms with Crippen molar-refractivity contribution in [3.05, 3.63) is 53.9 Å². The van der Waals surface area contributed by atoms with E-state index < -0.39 is 11.7 Å². The molecule has 0 atom stereocenters. The van der Waals surface area contributed by atoms with Crippen LogP contribution in [0.25, 0.3) is 0 Å². The lowest BCUT2D eigenvalue weighted by atomic mass is 10.1. The number of nitrogens with one attached hydrogen (secondary N) is 2. The van der Waals surface area contributed by atoms with Crippen molar-refractivity contribution in [3.63, 3.8) is 0 Å². The average molecular weight is 422 g/mol. The molecule has 0 amide bonds. The first kappa shape index (κ1) is 22.0. The van der Waals surface area contributed by atoms with Crippen molar-refractivity contribution in [1.82, 2.24) is 20.1 Å². The number of halogens is 3. The van der Waals surface area contributed by atoms with E-state index in [2.05, 4.69) is 32.5 Å². The Kier molecular flexibility index (Phi) is 7.25. The van der Waals surface area contributed by atoms with Crippen molar-refractivity contribution < 1.29 is 13.2 Å². The highest BCUT2D eigenvalue weighted by molar-refractivity contribution is 5.79. The molecule has 164 valence electrons. The average Bonchev–Trinajstić information content (AvgIpc) is 3.24. The van der Waals surface area contributed by atoms with Crippen molar-refractivity contribution in [2.75, 3.05) is 51.7 Å². The molecule has 0 bridgehead atoms.